The van der Waals surface area contributed by atoms with Gasteiger partial charge >= 0.3 is 0 Å². The molecule has 1 amide bonds. The minimum Gasteiger partial charge on any atom is -0.324 e. The van der Waals surface area contributed by atoms with Gasteiger partial charge in [0.15, 0.2) is 0 Å². The molecule has 0 atom stereocenters. The molecule has 18 heavy (non-hydrogen) atoms. The highest BCUT2D eigenvalue weighted by molar-refractivity contribution is 5.90. The van der Waals surface area contributed by atoms with Gasteiger partial charge in [0.05, 0.1) is 6.20 Å². The van der Waals surface area contributed by atoms with Crippen LogP contribution in [0.25, 0.3) is 0 Å². The van der Waals surface area contributed by atoms with Gasteiger partial charge < -0.3 is 5.32 Å². The number of benzene rings is 1. The summed E-state index contributed by atoms with van der Waals surface area (Å²) in [6.07, 6.45) is 4.59. The molecule has 4 nitrogen and oxygen atoms in total. The van der Waals surface area contributed by atoms with E-state index in [1.54, 1.807) is 10.9 Å². The van der Waals surface area contributed by atoms with Gasteiger partial charge in [0.1, 0.15) is 6.54 Å². The first kappa shape index (κ1) is 12.4. The lowest BCUT2D eigenvalue weighted by atomic mass is 10.1. The van der Waals surface area contributed by atoms with Crippen LogP contribution in [-0.4, -0.2) is 15.7 Å². The number of aromatic nitrogens is 2. The van der Waals surface area contributed by atoms with E-state index in [9.17, 15) is 4.79 Å². The normalized spacial score (nSPS) is 10.3. The Morgan fingerprint density at radius 2 is 2.06 bits per heavy atom. The molecule has 0 radical (unpaired) electrons. The lowest BCUT2D eigenvalue weighted by molar-refractivity contribution is -0.116. The fraction of sp³-hybridized carbons (Fsp3) is 0.286. The number of anilines is 1. The molecule has 0 saturated carbocycles. The van der Waals surface area contributed by atoms with E-state index in [0.29, 0.717) is 0 Å². The van der Waals surface area contributed by atoms with Crippen molar-refractivity contribution < 1.29 is 4.79 Å². The van der Waals surface area contributed by atoms with Gasteiger partial charge in [-0.2, -0.15) is 5.10 Å². The predicted molar refractivity (Wildman–Crippen MR) is 71.4 cm³/mol. The third-order valence-corrected chi connectivity index (χ3v) is 2.71. The van der Waals surface area contributed by atoms with Crippen molar-refractivity contribution >= 4 is 11.6 Å². The number of rotatable bonds is 4. The zero-order chi connectivity index (χ0) is 13.0. The fourth-order valence-electron chi connectivity index (χ4n) is 1.72. The highest BCUT2D eigenvalue weighted by Gasteiger charge is 2.04. The molecule has 0 fully saturated rings. The summed E-state index contributed by atoms with van der Waals surface area (Å²) in [5.41, 5.74) is 3.13. The Bertz CT molecular complexity index is 528. The van der Waals surface area contributed by atoms with Gasteiger partial charge in [0, 0.05) is 11.9 Å². The predicted octanol–water partition coefficient (Wildman–Crippen LogP) is 2.39. The number of carbonyl (C=O) groups excluding carboxylic acids is 1. The largest absolute Gasteiger partial charge is 0.324 e. The van der Waals surface area contributed by atoms with Crippen LogP contribution < -0.4 is 5.32 Å². The Morgan fingerprint density at radius 3 is 2.61 bits per heavy atom. The summed E-state index contributed by atoms with van der Waals surface area (Å²) in [6, 6.07) is 7.89. The number of carbonyl (C=O) groups is 1. The highest BCUT2D eigenvalue weighted by atomic mass is 16.2. The average molecular weight is 243 g/mol. The summed E-state index contributed by atoms with van der Waals surface area (Å²) >= 11 is 0. The molecule has 1 aromatic carbocycles. The molecule has 1 N–H and O–H groups in total. The van der Waals surface area contributed by atoms with E-state index in [0.717, 1.165) is 17.7 Å². The number of amides is 1. The Labute approximate surface area is 107 Å². The molecular formula is C14H17N3O. The van der Waals surface area contributed by atoms with Crippen molar-refractivity contribution in [1.29, 1.82) is 0 Å². The van der Waals surface area contributed by atoms with E-state index in [1.807, 2.05) is 37.4 Å². The van der Waals surface area contributed by atoms with E-state index in [1.165, 1.54) is 5.56 Å². The smallest absolute Gasteiger partial charge is 0.246 e. The standard InChI is InChI=1S/C14H17N3O/c1-3-12-4-6-13(7-5-12)16-14(18)10-17-9-11(2)8-15-17/h4-9H,3,10H2,1-2H3,(H,16,18). The molecule has 0 aliphatic heterocycles. The first-order valence-corrected chi connectivity index (χ1v) is 6.05. The minimum absolute atomic E-state index is 0.0673. The molecule has 1 aromatic heterocycles. The van der Waals surface area contributed by atoms with Crippen LogP contribution in [0.1, 0.15) is 18.1 Å². The Balaban J connectivity index is 1.94. The molecule has 1 heterocycles. The SMILES string of the molecule is CCc1ccc(NC(=O)Cn2cc(C)cn2)cc1. The first-order chi connectivity index (χ1) is 8.67. The molecule has 0 saturated heterocycles. The maximum Gasteiger partial charge on any atom is 0.246 e. The lowest BCUT2D eigenvalue weighted by Crippen LogP contribution is -2.18. The zero-order valence-electron chi connectivity index (χ0n) is 10.7. The van der Waals surface area contributed by atoms with Crippen LogP contribution in [0.4, 0.5) is 5.69 Å². The molecule has 0 unspecified atom stereocenters. The van der Waals surface area contributed by atoms with Crippen LogP contribution in [0.5, 0.6) is 0 Å². The van der Waals surface area contributed by atoms with Crippen LogP contribution in [0.3, 0.4) is 0 Å². The van der Waals surface area contributed by atoms with Gasteiger partial charge in [-0.15, -0.1) is 0 Å². The van der Waals surface area contributed by atoms with Crippen molar-refractivity contribution in [2.24, 2.45) is 0 Å². The number of aryl methyl sites for hydroxylation is 2. The maximum atomic E-state index is 11.8. The summed E-state index contributed by atoms with van der Waals surface area (Å²) in [4.78, 5) is 11.8. The molecule has 94 valence electrons. The third-order valence-electron chi connectivity index (χ3n) is 2.71. The van der Waals surface area contributed by atoms with Crippen molar-refractivity contribution in [2.45, 2.75) is 26.8 Å². The highest BCUT2D eigenvalue weighted by Crippen LogP contribution is 2.10. The van der Waals surface area contributed by atoms with Crippen molar-refractivity contribution in [1.82, 2.24) is 9.78 Å². The fourth-order valence-corrected chi connectivity index (χ4v) is 1.72. The van der Waals surface area contributed by atoms with Crippen LogP contribution in [0, 0.1) is 6.92 Å². The molecular weight excluding hydrogens is 226 g/mol. The maximum absolute atomic E-state index is 11.8. The van der Waals surface area contributed by atoms with Gasteiger partial charge in [-0.05, 0) is 36.6 Å². The van der Waals surface area contributed by atoms with Gasteiger partial charge in [-0.3, -0.25) is 9.48 Å². The van der Waals surface area contributed by atoms with Crippen LogP contribution >= 0.6 is 0 Å². The minimum atomic E-state index is -0.0673. The summed E-state index contributed by atoms with van der Waals surface area (Å²) in [5, 5.41) is 6.93. The third kappa shape index (κ3) is 3.20. The molecule has 0 bridgehead atoms. The quantitative estimate of drug-likeness (QED) is 0.896. The van der Waals surface area contributed by atoms with E-state index < -0.39 is 0 Å². The van der Waals surface area contributed by atoms with Crippen LogP contribution in [0.2, 0.25) is 0 Å². The van der Waals surface area contributed by atoms with Crippen molar-refractivity contribution in [3.63, 3.8) is 0 Å². The molecule has 4 heteroatoms. The summed E-state index contributed by atoms with van der Waals surface area (Å²) < 4.78 is 1.63. The molecule has 2 aromatic rings. The molecule has 0 aliphatic carbocycles. The second-order valence-corrected chi connectivity index (χ2v) is 4.31. The first-order valence-electron chi connectivity index (χ1n) is 6.05. The molecule has 2 rings (SSSR count). The second kappa shape index (κ2) is 5.49. The number of nitrogens with zero attached hydrogens (tertiary/aromatic N) is 2. The Hall–Kier alpha value is -2.10. The summed E-state index contributed by atoms with van der Waals surface area (Å²) in [7, 11) is 0. The molecule has 0 aliphatic rings. The van der Waals surface area contributed by atoms with Crippen molar-refractivity contribution in [3.05, 3.63) is 47.8 Å². The lowest BCUT2D eigenvalue weighted by Gasteiger charge is -2.06. The Morgan fingerprint density at radius 1 is 1.33 bits per heavy atom. The molecule has 0 spiro atoms. The average Bonchev–Trinajstić information content (AvgIpc) is 2.75. The number of hydrogen-bond donors (Lipinski definition) is 1. The topological polar surface area (TPSA) is 46.9 Å². The second-order valence-electron chi connectivity index (χ2n) is 4.31. The van der Waals surface area contributed by atoms with E-state index >= 15 is 0 Å². The summed E-state index contributed by atoms with van der Waals surface area (Å²) in [6.45, 7) is 4.29. The zero-order valence-corrected chi connectivity index (χ0v) is 10.7. The van der Waals surface area contributed by atoms with E-state index in [4.69, 9.17) is 0 Å². The summed E-state index contributed by atoms with van der Waals surface area (Å²) in [5.74, 6) is -0.0673. The monoisotopic (exact) mass is 243 g/mol. The van der Waals surface area contributed by atoms with Crippen molar-refractivity contribution in [3.8, 4) is 0 Å². The van der Waals surface area contributed by atoms with E-state index in [2.05, 4.69) is 17.3 Å². The van der Waals surface area contributed by atoms with E-state index in [-0.39, 0.29) is 12.5 Å². The number of hydrogen-bond acceptors (Lipinski definition) is 2. The van der Waals surface area contributed by atoms with Crippen molar-refractivity contribution in [2.75, 3.05) is 5.32 Å². The van der Waals surface area contributed by atoms with Crippen LogP contribution in [-0.2, 0) is 17.8 Å². The van der Waals surface area contributed by atoms with Crippen LogP contribution in [0.15, 0.2) is 36.7 Å². The van der Waals surface area contributed by atoms with Gasteiger partial charge in [-0.1, -0.05) is 19.1 Å². The number of nitrogens with one attached hydrogen (secondary N) is 1. The Kier molecular flexibility index (Phi) is 3.77. The van der Waals surface area contributed by atoms with Gasteiger partial charge in [0.2, 0.25) is 5.91 Å². The van der Waals surface area contributed by atoms with Gasteiger partial charge in [-0.25, -0.2) is 0 Å². The van der Waals surface area contributed by atoms with Gasteiger partial charge in [0.25, 0.3) is 0 Å².